The Kier molecular flexibility index (Phi) is 14.4. The number of benzene rings is 4. The third-order valence-corrected chi connectivity index (χ3v) is 12.7. The van der Waals surface area contributed by atoms with E-state index >= 15 is 0 Å². The van der Waals surface area contributed by atoms with Crippen molar-refractivity contribution in [2.24, 2.45) is 15.3 Å². The molecule has 0 aliphatic carbocycles. The molecule has 10 N–H and O–H groups in total. The summed E-state index contributed by atoms with van der Waals surface area (Å²) in [5, 5.41) is 46.8. The van der Waals surface area contributed by atoms with Crippen LogP contribution in [0.4, 0.5) is 34.6 Å². The van der Waals surface area contributed by atoms with Gasteiger partial charge in [0.2, 0.25) is 23.0 Å². The smallest absolute Gasteiger partial charge is 0.397 e. The van der Waals surface area contributed by atoms with Gasteiger partial charge in [0, 0.05) is 11.3 Å². The number of anilines is 5. The van der Waals surface area contributed by atoms with Crippen molar-refractivity contribution in [3.05, 3.63) is 89.2 Å². The number of aromatic hydroxyl groups is 2. The minimum atomic E-state index is -5.36. The largest absolute Gasteiger partial charge is 0.506 e. The molecule has 1 heterocycles. The third-order valence-electron chi connectivity index (χ3n) is 7.80. The highest BCUT2D eigenvalue weighted by molar-refractivity contribution is 7.91. The van der Waals surface area contributed by atoms with Crippen molar-refractivity contribution in [1.82, 2.24) is 15.0 Å². The Bertz CT molecular complexity index is 3380. The summed E-state index contributed by atoms with van der Waals surface area (Å²) in [6.07, 6.45) is 0. The van der Waals surface area contributed by atoms with Crippen LogP contribution in [-0.2, 0) is 54.8 Å². The quantitative estimate of drug-likeness (QED) is 0.0160. The van der Waals surface area contributed by atoms with Crippen LogP contribution >= 0.6 is 11.6 Å². The van der Waals surface area contributed by atoms with Crippen LogP contribution in [0.1, 0.15) is 15.9 Å². The van der Waals surface area contributed by atoms with Crippen LogP contribution in [0.3, 0.4) is 0 Å². The minimum Gasteiger partial charge on any atom is -0.506 e. The molecule has 0 unspecified atom stereocenters. The number of aromatic nitrogens is 3. The molecule has 0 amide bonds. The van der Waals surface area contributed by atoms with E-state index in [0.29, 0.717) is 18.2 Å². The lowest BCUT2D eigenvalue weighted by atomic mass is 10.2. The molecule has 0 fully saturated rings. The van der Waals surface area contributed by atoms with Crippen LogP contribution in [0.15, 0.2) is 108 Å². The number of rotatable bonds is 17. The van der Waals surface area contributed by atoms with E-state index < -0.39 is 146 Å². The molecular formula is C31H26ClN9O19S5. The number of carboxylic acids is 1. The number of nitrogens with zero attached hydrogens (tertiary/aromatic N) is 6. The first-order chi connectivity index (χ1) is 30.0. The molecule has 28 nitrogen and oxygen atoms in total. The zero-order valence-corrected chi connectivity index (χ0v) is 36.3. The number of aromatic carboxylic acids is 1. The molecular weight excluding hydrogens is 998 g/mol. The van der Waals surface area contributed by atoms with Crippen LogP contribution in [0, 0.1) is 0 Å². The van der Waals surface area contributed by atoms with Gasteiger partial charge in [0.25, 0.3) is 30.4 Å². The lowest BCUT2D eigenvalue weighted by Gasteiger charge is -2.14. The minimum absolute atomic E-state index is 0.0335. The summed E-state index contributed by atoms with van der Waals surface area (Å²) in [5.74, 6) is -6.17. The summed E-state index contributed by atoms with van der Waals surface area (Å²) in [6.45, 7) is -1.14. The van der Waals surface area contributed by atoms with Gasteiger partial charge in [0.15, 0.2) is 15.6 Å². The number of hydrogen-bond donors (Lipinski definition) is 10. The fraction of sp³-hybridized carbons (Fsp3) is 0.0645. The Hall–Kier alpha value is -6.53. The fourth-order valence-corrected chi connectivity index (χ4v) is 8.33. The first-order valence-corrected chi connectivity index (χ1v) is 24.4. The normalized spacial score (nSPS) is 12.8. The van der Waals surface area contributed by atoms with Crippen molar-refractivity contribution in [2.45, 2.75) is 19.6 Å². The summed E-state index contributed by atoms with van der Waals surface area (Å²) < 4.78 is 160. The molecule has 346 valence electrons. The molecule has 5 aromatic rings. The van der Waals surface area contributed by atoms with Crippen LogP contribution in [-0.4, -0.2) is 115 Å². The highest BCUT2D eigenvalue weighted by Gasteiger charge is 2.27. The van der Waals surface area contributed by atoms with Gasteiger partial charge in [-0.3, -0.25) is 23.6 Å². The van der Waals surface area contributed by atoms with Crippen LogP contribution in [0.5, 0.6) is 11.5 Å². The van der Waals surface area contributed by atoms with E-state index in [1.807, 2.05) is 0 Å². The number of phenolic OH excluding ortho intramolecular Hbond substituents is 2. The van der Waals surface area contributed by atoms with E-state index in [4.69, 9.17) is 16.2 Å². The fourth-order valence-electron chi connectivity index (χ4n) is 4.93. The molecule has 5 rings (SSSR count). The topological polar surface area (TPSA) is 450 Å². The number of sulfone groups is 1. The number of nitrogens with one attached hydrogen (secondary N) is 3. The first-order valence-electron chi connectivity index (χ1n) is 16.7. The summed E-state index contributed by atoms with van der Waals surface area (Å²) in [5.41, 5.74) is -0.121. The maximum Gasteiger partial charge on any atom is 0.397 e. The number of carboxylic acid groups (broad SMARTS) is 1. The molecule has 0 aliphatic rings. The van der Waals surface area contributed by atoms with Gasteiger partial charge < -0.3 is 26.0 Å². The molecule has 0 spiro atoms. The standard InChI is InChI=1S/C31H26ClN9O19S5/c32-29-35-30(37-31(36-29)34-23-13-19(14-25(26(23)43)64(54,55)56)61(46,47)9-8-60-65(57,58)59)33-16-3-1-2-15(10-16)27(41-39-22-12-18(63(51,52)53)5-7-24(22)42)40-38-21-11-17(62(48,49)50)4-6-20(21)28(44)45/h1-7,10-14,39,42-43H,8-9H2,(H,44,45)(H,48,49,50)(H,51,52,53)(H,54,55,56)(H,57,58,59)(H2,33,34,35,36,37). The number of hydrazone groups is 1. The molecule has 1 aromatic heterocycles. The van der Waals surface area contributed by atoms with Crippen molar-refractivity contribution in [1.29, 1.82) is 0 Å². The molecule has 0 bridgehead atoms. The van der Waals surface area contributed by atoms with Gasteiger partial charge in [-0.1, -0.05) is 12.1 Å². The highest BCUT2D eigenvalue weighted by Crippen LogP contribution is 2.36. The van der Waals surface area contributed by atoms with Gasteiger partial charge in [0.1, 0.15) is 16.3 Å². The predicted molar refractivity (Wildman–Crippen MR) is 221 cm³/mol. The van der Waals surface area contributed by atoms with E-state index in [2.05, 4.69) is 50.5 Å². The molecule has 34 heteroatoms. The lowest BCUT2D eigenvalue weighted by Crippen LogP contribution is -2.16. The summed E-state index contributed by atoms with van der Waals surface area (Å²) in [4.78, 5) is 19.9. The second kappa shape index (κ2) is 18.9. The van der Waals surface area contributed by atoms with Crippen molar-refractivity contribution < 1.29 is 84.6 Å². The lowest BCUT2D eigenvalue weighted by molar-refractivity contribution is 0.0697. The van der Waals surface area contributed by atoms with Crippen LogP contribution in [0.2, 0.25) is 5.28 Å². The molecule has 4 aromatic carbocycles. The zero-order valence-electron chi connectivity index (χ0n) is 31.5. The van der Waals surface area contributed by atoms with Crippen molar-refractivity contribution >= 4 is 109 Å². The number of amidine groups is 1. The average molecular weight is 1020 g/mol. The molecule has 0 saturated heterocycles. The van der Waals surface area contributed by atoms with E-state index in [-0.39, 0.29) is 11.3 Å². The highest BCUT2D eigenvalue weighted by atomic mass is 35.5. The van der Waals surface area contributed by atoms with Gasteiger partial charge in [-0.2, -0.15) is 53.7 Å². The van der Waals surface area contributed by atoms with Crippen molar-refractivity contribution in [2.75, 3.05) is 28.4 Å². The Balaban J connectivity index is 1.55. The van der Waals surface area contributed by atoms with Gasteiger partial charge in [0.05, 0.1) is 44.0 Å². The molecule has 0 radical (unpaired) electrons. The molecule has 0 saturated carbocycles. The average Bonchev–Trinajstić information content (AvgIpc) is 3.17. The van der Waals surface area contributed by atoms with Crippen LogP contribution in [0.25, 0.3) is 0 Å². The number of hydrogen-bond acceptors (Lipinski definition) is 22. The number of azo groups is 1. The Morgan fingerprint density at radius 1 is 0.708 bits per heavy atom. The number of phenols is 2. The van der Waals surface area contributed by atoms with E-state index in [1.165, 1.54) is 24.3 Å². The van der Waals surface area contributed by atoms with Crippen molar-refractivity contribution in [3.63, 3.8) is 0 Å². The monoisotopic (exact) mass is 1020 g/mol. The Labute approximate surface area is 370 Å². The van der Waals surface area contributed by atoms with Crippen LogP contribution < -0.4 is 16.1 Å². The maximum absolute atomic E-state index is 12.9. The second-order valence-electron chi connectivity index (χ2n) is 12.3. The SMILES string of the molecule is O=C(O)c1ccc(S(=O)(=O)O)cc1N=NC(=NNc1cc(S(=O)(=O)O)ccc1O)c1cccc(Nc2nc(Cl)nc(Nc3cc(S(=O)(=O)CCOS(=O)(=O)O)cc(S(=O)(=O)O)c3O)n2)c1. The predicted octanol–water partition coefficient (Wildman–Crippen LogP) is 3.01. The van der Waals surface area contributed by atoms with Gasteiger partial charge in [-0.15, -0.1) is 10.2 Å². The van der Waals surface area contributed by atoms with E-state index in [1.54, 1.807) is 0 Å². The third kappa shape index (κ3) is 13.3. The van der Waals surface area contributed by atoms with Gasteiger partial charge >= 0.3 is 16.4 Å². The van der Waals surface area contributed by atoms with Gasteiger partial charge in [-0.05, 0) is 72.3 Å². The molecule has 65 heavy (non-hydrogen) atoms. The molecule has 0 aliphatic heterocycles. The zero-order chi connectivity index (χ0) is 48.3. The van der Waals surface area contributed by atoms with Gasteiger partial charge in [-0.25, -0.2) is 17.4 Å². The Morgan fingerprint density at radius 3 is 1.94 bits per heavy atom. The van der Waals surface area contributed by atoms with E-state index in [9.17, 15) is 75.9 Å². The van der Waals surface area contributed by atoms with Crippen molar-refractivity contribution in [3.8, 4) is 11.5 Å². The summed E-state index contributed by atoms with van der Waals surface area (Å²) >= 11 is 6.09. The number of carbonyl (C=O) groups is 1. The summed E-state index contributed by atoms with van der Waals surface area (Å²) in [7, 11) is -24.8. The maximum atomic E-state index is 12.9. The Morgan fingerprint density at radius 2 is 1.32 bits per heavy atom. The summed E-state index contributed by atoms with van der Waals surface area (Å²) in [6, 6.07) is 11.0. The molecule has 0 atom stereocenters. The number of halogens is 1. The second-order valence-corrected chi connectivity index (χ2v) is 20.1. The first kappa shape index (κ1) is 49.5. The van der Waals surface area contributed by atoms with E-state index in [0.717, 1.165) is 30.3 Å².